The first-order valence-corrected chi connectivity index (χ1v) is 6.58. The molecule has 0 saturated heterocycles. The molecule has 0 atom stereocenters. The van der Waals surface area contributed by atoms with Crippen LogP contribution in [0.3, 0.4) is 0 Å². The lowest BCUT2D eigenvalue weighted by molar-refractivity contribution is 0.228. The van der Waals surface area contributed by atoms with E-state index >= 15 is 0 Å². The molecule has 0 bridgehead atoms. The molecule has 1 aromatic rings. The van der Waals surface area contributed by atoms with Crippen LogP contribution in [-0.4, -0.2) is 23.1 Å². The molecule has 0 aliphatic rings. The van der Waals surface area contributed by atoms with Crippen LogP contribution in [0.2, 0.25) is 0 Å². The first-order valence-electron chi connectivity index (χ1n) is 6.58. The predicted octanol–water partition coefficient (Wildman–Crippen LogP) is 2.71. The third-order valence-corrected chi connectivity index (χ3v) is 2.71. The van der Waals surface area contributed by atoms with Crippen LogP contribution in [0.5, 0.6) is 6.01 Å². The van der Waals surface area contributed by atoms with Gasteiger partial charge >= 0.3 is 6.01 Å². The molecule has 0 aliphatic carbocycles. The van der Waals surface area contributed by atoms with Crippen LogP contribution < -0.4 is 10.1 Å². The topological polar surface area (TPSA) is 47.0 Å². The van der Waals surface area contributed by atoms with Crippen LogP contribution in [-0.2, 0) is 6.54 Å². The Kier molecular flexibility index (Phi) is 5.54. The number of ether oxygens (including phenoxy) is 1. The van der Waals surface area contributed by atoms with Gasteiger partial charge in [0.25, 0.3) is 0 Å². The van der Waals surface area contributed by atoms with E-state index < -0.39 is 0 Å². The molecule has 0 aliphatic heterocycles. The summed E-state index contributed by atoms with van der Waals surface area (Å²) in [5.74, 6) is 0. The summed E-state index contributed by atoms with van der Waals surface area (Å²) in [4.78, 5) is 8.61. The maximum absolute atomic E-state index is 5.58. The van der Waals surface area contributed by atoms with Crippen LogP contribution in [0.25, 0.3) is 0 Å². The van der Waals surface area contributed by atoms with Gasteiger partial charge in [-0.15, -0.1) is 0 Å². The molecule has 0 amide bonds. The Hall–Kier alpha value is -1.16. The first kappa shape index (κ1) is 14.9. The fraction of sp³-hybridized carbons (Fsp3) is 0.714. The fourth-order valence-electron chi connectivity index (χ4n) is 1.42. The van der Waals surface area contributed by atoms with Gasteiger partial charge in [0.15, 0.2) is 0 Å². The van der Waals surface area contributed by atoms with Crippen LogP contribution in [0.4, 0.5) is 0 Å². The van der Waals surface area contributed by atoms with E-state index in [1.54, 1.807) is 0 Å². The molecular formula is C14H25N3O. The summed E-state index contributed by atoms with van der Waals surface area (Å²) >= 11 is 0. The van der Waals surface area contributed by atoms with E-state index in [2.05, 4.69) is 43.0 Å². The molecule has 1 rings (SSSR count). The standard InChI is InChI=1S/C14H25N3O/c1-6-15-9-12-10-16-13(17-11(12)2)18-8-7-14(3,4)5/h10,15H,6-9H2,1-5H3. The zero-order valence-corrected chi connectivity index (χ0v) is 12.2. The SMILES string of the molecule is CCNCc1cnc(OCCC(C)(C)C)nc1C. The molecule has 1 N–H and O–H groups in total. The Balaban J connectivity index is 2.51. The van der Waals surface area contributed by atoms with Crippen LogP contribution >= 0.6 is 0 Å². The molecule has 1 aromatic heterocycles. The molecule has 4 heteroatoms. The minimum atomic E-state index is 0.278. The summed E-state index contributed by atoms with van der Waals surface area (Å²) in [5.41, 5.74) is 2.39. The van der Waals surface area contributed by atoms with Crippen molar-refractivity contribution < 1.29 is 4.74 Å². The maximum Gasteiger partial charge on any atom is 0.316 e. The Morgan fingerprint density at radius 1 is 1.33 bits per heavy atom. The second-order valence-corrected chi connectivity index (χ2v) is 5.70. The van der Waals surface area contributed by atoms with Crippen LogP contribution in [0.1, 0.15) is 45.4 Å². The van der Waals surface area contributed by atoms with Gasteiger partial charge in [-0.3, -0.25) is 0 Å². The van der Waals surface area contributed by atoms with Crippen molar-refractivity contribution in [1.29, 1.82) is 0 Å². The van der Waals surface area contributed by atoms with Crippen molar-refractivity contribution in [2.45, 2.75) is 47.6 Å². The van der Waals surface area contributed by atoms with Crippen molar-refractivity contribution in [3.05, 3.63) is 17.5 Å². The second kappa shape index (κ2) is 6.69. The van der Waals surface area contributed by atoms with E-state index in [0.717, 1.165) is 30.8 Å². The van der Waals surface area contributed by atoms with Crippen LogP contribution in [0.15, 0.2) is 6.20 Å². The van der Waals surface area contributed by atoms with E-state index in [4.69, 9.17) is 4.74 Å². The third kappa shape index (κ3) is 5.45. The highest BCUT2D eigenvalue weighted by atomic mass is 16.5. The summed E-state index contributed by atoms with van der Waals surface area (Å²) in [6.45, 7) is 13.1. The molecule has 18 heavy (non-hydrogen) atoms. The average molecular weight is 251 g/mol. The lowest BCUT2D eigenvalue weighted by Gasteiger charge is -2.17. The summed E-state index contributed by atoms with van der Waals surface area (Å²) in [6, 6.07) is 0.483. The van der Waals surface area contributed by atoms with Gasteiger partial charge in [0.2, 0.25) is 0 Å². The minimum absolute atomic E-state index is 0.278. The fourth-order valence-corrected chi connectivity index (χ4v) is 1.42. The highest BCUT2D eigenvalue weighted by molar-refractivity contribution is 5.17. The van der Waals surface area contributed by atoms with Crippen molar-refractivity contribution in [2.75, 3.05) is 13.2 Å². The number of nitrogens with zero attached hydrogens (tertiary/aromatic N) is 2. The average Bonchev–Trinajstić information content (AvgIpc) is 2.26. The van der Waals surface area contributed by atoms with Crippen molar-refractivity contribution in [3.8, 4) is 6.01 Å². The lowest BCUT2D eigenvalue weighted by atomic mass is 9.93. The molecule has 0 unspecified atom stereocenters. The van der Waals surface area contributed by atoms with Gasteiger partial charge in [0, 0.05) is 24.0 Å². The smallest absolute Gasteiger partial charge is 0.316 e. The third-order valence-electron chi connectivity index (χ3n) is 2.71. The second-order valence-electron chi connectivity index (χ2n) is 5.70. The monoisotopic (exact) mass is 251 g/mol. The highest BCUT2D eigenvalue weighted by Crippen LogP contribution is 2.18. The van der Waals surface area contributed by atoms with E-state index in [-0.39, 0.29) is 5.41 Å². The number of aryl methyl sites for hydroxylation is 1. The molecule has 0 spiro atoms. The summed E-state index contributed by atoms with van der Waals surface area (Å²) in [7, 11) is 0. The van der Waals surface area contributed by atoms with Crippen molar-refractivity contribution in [3.63, 3.8) is 0 Å². The molecule has 102 valence electrons. The Morgan fingerprint density at radius 3 is 2.61 bits per heavy atom. The zero-order chi connectivity index (χ0) is 13.6. The number of rotatable bonds is 6. The first-order chi connectivity index (χ1) is 8.42. The number of hydrogen-bond donors (Lipinski definition) is 1. The van der Waals surface area contributed by atoms with Gasteiger partial charge < -0.3 is 10.1 Å². The van der Waals surface area contributed by atoms with Gasteiger partial charge in [-0.25, -0.2) is 9.97 Å². The maximum atomic E-state index is 5.58. The lowest BCUT2D eigenvalue weighted by Crippen LogP contribution is -2.15. The molecule has 0 saturated carbocycles. The van der Waals surface area contributed by atoms with Crippen molar-refractivity contribution in [1.82, 2.24) is 15.3 Å². The Labute approximate surface area is 110 Å². The largest absolute Gasteiger partial charge is 0.463 e. The van der Waals surface area contributed by atoms with Gasteiger partial charge in [-0.2, -0.15) is 0 Å². The summed E-state index contributed by atoms with van der Waals surface area (Å²) in [5, 5.41) is 3.27. The molecule has 0 radical (unpaired) electrons. The number of hydrogen-bond acceptors (Lipinski definition) is 4. The highest BCUT2D eigenvalue weighted by Gasteiger charge is 2.11. The molecule has 1 heterocycles. The summed E-state index contributed by atoms with van der Waals surface area (Å²) < 4.78 is 5.58. The van der Waals surface area contributed by atoms with Gasteiger partial charge in [-0.05, 0) is 25.3 Å². The van der Waals surface area contributed by atoms with Crippen molar-refractivity contribution in [2.24, 2.45) is 5.41 Å². The molecule has 0 aromatic carbocycles. The normalized spacial score (nSPS) is 11.6. The van der Waals surface area contributed by atoms with Crippen LogP contribution in [0, 0.1) is 12.3 Å². The Morgan fingerprint density at radius 2 is 2.06 bits per heavy atom. The van der Waals surface area contributed by atoms with E-state index in [1.807, 2.05) is 13.1 Å². The molecule has 0 fully saturated rings. The van der Waals surface area contributed by atoms with E-state index in [9.17, 15) is 0 Å². The Bertz CT molecular complexity index is 372. The number of aromatic nitrogens is 2. The predicted molar refractivity (Wildman–Crippen MR) is 73.7 cm³/mol. The minimum Gasteiger partial charge on any atom is -0.463 e. The zero-order valence-electron chi connectivity index (χ0n) is 12.2. The summed E-state index contributed by atoms with van der Waals surface area (Å²) in [6.07, 6.45) is 2.84. The quantitative estimate of drug-likeness (QED) is 0.844. The van der Waals surface area contributed by atoms with Crippen molar-refractivity contribution >= 4 is 0 Å². The molecular weight excluding hydrogens is 226 g/mol. The van der Waals surface area contributed by atoms with Gasteiger partial charge in [0.05, 0.1) is 6.61 Å². The number of nitrogens with one attached hydrogen (secondary N) is 1. The van der Waals surface area contributed by atoms with E-state index in [0.29, 0.717) is 12.6 Å². The van der Waals surface area contributed by atoms with E-state index in [1.165, 1.54) is 0 Å². The molecule has 4 nitrogen and oxygen atoms in total. The van der Waals surface area contributed by atoms with Gasteiger partial charge in [-0.1, -0.05) is 27.7 Å². The van der Waals surface area contributed by atoms with Gasteiger partial charge in [0.1, 0.15) is 0 Å².